The second kappa shape index (κ2) is 9.36. The van der Waals surface area contributed by atoms with Crippen molar-refractivity contribution in [3.63, 3.8) is 0 Å². The second-order valence-corrected chi connectivity index (χ2v) is 8.96. The van der Waals surface area contributed by atoms with Gasteiger partial charge in [0.1, 0.15) is 0 Å². The number of rotatable bonds is 8. The van der Waals surface area contributed by atoms with Gasteiger partial charge in [0.05, 0.1) is 11.0 Å². The minimum atomic E-state index is -3.76. The van der Waals surface area contributed by atoms with Crippen molar-refractivity contribution in [1.29, 1.82) is 0 Å². The first-order chi connectivity index (χ1) is 12.7. The average molecular weight is 409 g/mol. The number of carbonyl (C=O) groups excluding carboxylic acids is 1. The Morgan fingerprint density at radius 1 is 1.07 bits per heavy atom. The van der Waals surface area contributed by atoms with Crippen LogP contribution in [0.4, 0.5) is 5.69 Å². The maximum absolute atomic E-state index is 12.4. The minimum Gasteiger partial charge on any atom is -0.387 e. The molecule has 1 unspecified atom stereocenters. The van der Waals surface area contributed by atoms with Gasteiger partial charge in [0.2, 0.25) is 15.9 Å². The summed E-state index contributed by atoms with van der Waals surface area (Å²) < 4.78 is 27.2. The molecule has 8 heteroatoms. The summed E-state index contributed by atoms with van der Waals surface area (Å²) in [6.07, 6.45) is 1.01. The Morgan fingerprint density at radius 2 is 1.67 bits per heavy atom. The Labute approximate surface area is 164 Å². The molecule has 0 fully saturated rings. The summed E-state index contributed by atoms with van der Waals surface area (Å²) in [6.45, 7) is 3.42. The van der Waals surface area contributed by atoms with Gasteiger partial charge in [0.25, 0.3) is 0 Å². The van der Waals surface area contributed by atoms with E-state index in [1.807, 2.05) is 18.4 Å². The van der Waals surface area contributed by atoms with Gasteiger partial charge < -0.3 is 10.4 Å². The molecule has 146 valence electrons. The predicted molar refractivity (Wildman–Crippen MR) is 108 cm³/mol. The van der Waals surface area contributed by atoms with E-state index in [4.69, 9.17) is 0 Å². The number of aliphatic hydroxyl groups excluding tert-OH is 1. The highest BCUT2D eigenvalue weighted by Gasteiger charge is 2.17. The van der Waals surface area contributed by atoms with Crippen LogP contribution in [0.15, 0.2) is 58.3 Å². The van der Waals surface area contributed by atoms with Crippen LogP contribution in [0, 0.1) is 5.92 Å². The molecule has 0 aromatic heterocycles. The zero-order chi connectivity index (χ0) is 20.0. The van der Waals surface area contributed by atoms with Crippen LogP contribution in [0.2, 0.25) is 0 Å². The van der Waals surface area contributed by atoms with E-state index in [-0.39, 0.29) is 23.3 Å². The standard InChI is InChI=1S/C19H24N2O4S2/c1-13(2)19(23)21-15-6-10-17(11-7-15)27(24,25)20-12-18(22)14-4-8-16(26-3)9-5-14/h4-11,13,18,20,22H,12H2,1-3H3,(H,21,23). The summed E-state index contributed by atoms with van der Waals surface area (Å²) in [5.41, 5.74) is 1.17. The summed E-state index contributed by atoms with van der Waals surface area (Å²) >= 11 is 1.59. The quantitative estimate of drug-likeness (QED) is 0.584. The fourth-order valence-corrected chi connectivity index (χ4v) is 3.67. The van der Waals surface area contributed by atoms with Crippen molar-refractivity contribution in [3.8, 4) is 0 Å². The number of nitrogens with one attached hydrogen (secondary N) is 2. The number of amides is 1. The van der Waals surface area contributed by atoms with E-state index in [9.17, 15) is 18.3 Å². The Bertz CT molecular complexity index is 864. The number of thioether (sulfide) groups is 1. The van der Waals surface area contributed by atoms with Gasteiger partial charge in [0, 0.05) is 23.0 Å². The normalized spacial score (nSPS) is 12.8. The molecule has 0 saturated carbocycles. The summed E-state index contributed by atoms with van der Waals surface area (Å²) in [5.74, 6) is -0.305. The number of sulfonamides is 1. The number of aliphatic hydroxyl groups is 1. The van der Waals surface area contributed by atoms with Crippen LogP contribution in [0.1, 0.15) is 25.5 Å². The van der Waals surface area contributed by atoms with Gasteiger partial charge in [0.15, 0.2) is 0 Å². The molecule has 0 heterocycles. The highest BCUT2D eigenvalue weighted by atomic mass is 32.2. The average Bonchev–Trinajstić information content (AvgIpc) is 2.66. The number of benzene rings is 2. The molecule has 1 amide bonds. The summed E-state index contributed by atoms with van der Waals surface area (Å²) in [5, 5.41) is 12.9. The monoisotopic (exact) mass is 408 g/mol. The molecule has 0 spiro atoms. The lowest BCUT2D eigenvalue weighted by Crippen LogP contribution is -2.28. The minimum absolute atomic E-state index is 0.0648. The zero-order valence-electron chi connectivity index (χ0n) is 15.5. The molecule has 3 N–H and O–H groups in total. The van der Waals surface area contributed by atoms with Gasteiger partial charge in [-0.25, -0.2) is 13.1 Å². The molecule has 0 radical (unpaired) electrons. The highest BCUT2D eigenvalue weighted by Crippen LogP contribution is 2.20. The lowest BCUT2D eigenvalue weighted by Gasteiger charge is -2.13. The molecule has 2 aromatic rings. The molecular weight excluding hydrogens is 384 g/mol. The maximum atomic E-state index is 12.4. The number of hydrogen-bond donors (Lipinski definition) is 3. The number of hydrogen-bond acceptors (Lipinski definition) is 5. The van der Waals surface area contributed by atoms with Crippen LogP contribution in [0.25, 0.3) is 0 Å². The van der Waals surface area contributed by atoms with Gasteiger partial charge in [-0.05, 0) is 48.2 Å². The van der Waals surface area contributed by atoms with Crippen LogP contribution in [-0.2, 0) is 14.8 Å². The van der Waals surface area contributed by atoms with Crippen molar-refractivity contribution in [3.05, 3.63) is 54.1 Å². The lowest BCUT2D eigenvalue weighted by atomic mass is 10.1. The first-order valence-electron chi connectivity index (χ1n) is 8.45. The van der Waals surface area contributed by atoms with E-state index >= 15 is 0 Å². The summed E-state index contributed by atoms with van der Waals surface area (Å²) in [7, 11) is -3.76. The van der Waals surface area contributed by atoms with Gasteiger partial charge >= 0.3 is 0 Å². The van der Waals surface area contributed by atoms with E-state index in [0.29, 0.717) is 11.3 Å². The molecule has 0 saturated heterocycles. The molecule has 0 aliphatic rings. The topological polar surface area (TPSA) is 95.5 Å². The van der Waals surface area contributed by atoms with Crippen molar-refractivity contribution in [2.75, 3.05) is 18.1 Å². The predicted octanol–water partition coefficient (Wildman–Crippen LogP) is 3.01. The molecule has 2 rings (SSSR count). The van der Waals surface area contributed by atoms with Crippen molar-refractivity contribution < 1.29 is 18.3 Å². The zero-order valence-corrected chi connectivity index (χ0v) is 17.1. The van der Waals surface area contributed by atoms with Crippen LogP contribution in [0.5, 0.6) is 0 Å². The number of carbonyl (C=O) groups is 1. The van der Waals surface area contributed by atoms with E-state index in [1.165, 1.54) is 24.3 Å². The van der Waals surface area contributed by atoms with Crippen LogP contribution < -0.4 is 10.0 Å². The smallest absolute Gasteiger partial charge is 0.240 e. The van der Waals surface area contributed by atoms with Crippen molar-refractivity contribution in [2.45, 2.75) is 29.7 Å². The second-order valence-electron chi connectivity index (χ2n) is 6.31. The molecule has 2 aromatic carbocycles. The molecule has 0 aliphatic carbocycles. The van der Waals surface area contributed by atoms with Crippen LogP contribution in [0.3, 0.4) is 0 Å². The molecular formula is C19H24N2O4S2. The molecule has 0 aliphatic heterocycles. The summed E-state index contributed by atoms with van der Waals surface area (Å²) in [4.78, 5) is 12.8. The van der Waals surface area contributed by atoms with Gasteiger partial charge in [-0.15, -0.1) is 11.8 Å². The molecule has 6 nitrogen and oxygen atoms in total. The van der Waals surface area contributed by atoms with Gasteiger partial charge in [-0.3, -0.25) is 4.79 Å². The fourth-order valence-electron chi connectivity index (χ4n) is 2.22. The molecule has 1 atom stereocenters. The van der Waals surface area contributed by atoms with Crippen molar-refractivity contribution in [1.82, 2.24) is 4.72 Å². The third-order valence-electron chi connectivity index (χ3n) is 3.92. The Kier molecular flexibility index (Phi) is 7.43. The van der Waals surface area contributed by atoms with Crippen LogP contribution in [-0.4, -0.2) is 32.2 Å². The Morgan fingerprint density at radius 3 is 2.19 bits per heavy atom. The SMILES string of the molecule is CSc1ccc(C(O)CNS(=O)(=O)c2ccc(NC(=O)C(C)C)cc2)cc1. The van der Waals surface area contributed by atoms with E-state index in [0.717, 1.165) is 4.90 Å². The Balaban J connectivity index is 1.99. The van der Waals surface area contributed by atoms with Crippen LogP contribution >= 0.6 is 11.8 Å². The largest absolute Gasteiger partial charge is 0.387 e. The van der Waals surface area contributed by atoms with Gasteiger partial charge in [-0.2, -0.15) is 0 Å². The van der Waals surface area contributed by atoms with E-state index in [1.54, 1.807) is 37.7 Å². The molecule has 27 heavy (non-hydrogen) atoms. The summed E-state index contributed by atoms with van der Waals surface area (Å²) in [6, 6.07) is 13.2. The Hall–Kier alpha value is -1.87. The third kappa shape index (κ3) is 6.07. The van der Waals surface area contributed by atoms with E-state index in [2.05, 4.69) is 10.0 Å². The first-order valence-corrected chi connectivity index (χ1v) is 11.2. The van der Waals surface area contributed by atoms with Crippen molar-refractivity contribution in [2.24, 2.45) is 5.92 Å². The first kappa shape index (κ1) is 21.4. The fraction of sp³-hybridized carbons (Fsp3) is 0.316. The third-order valence-corrected chi connectivity index (χ3v) is 6.11. The molecule has 0 bridgehead atoms. The van der Waals surface area contributed by atoms with Crippen molar-refractivity contribution >= 4 is 33.4 Å². The maximum Gasteiger partial charge on any atom is 0.240 e. The highest BCUT2D eigenvalue weighted by molar-refractivity contribution is 7.98. The van der Waals surface area contributed by atoms with Gasteiger partial charge in [-0.1, -0.05) is 26.0 Å². The van der Waals surface area contributed by atoms with E-state index < -0.39 is 16.1 Å². The lowest BCUT2D eigenvalue weighted by molar-refractivity contribution is -0.118. The number of anilines is 1.